The number of hydrogen-bond donors (Lipinski definition) is 1. The van der Waals surface area contributed by atoms with E-state index in [1.54, 1.807) is 0 Å². The van der Waals surface area contributed by atoms with Gasteiger partial charge in [0.25, 0.3) is 0 Å². The van der Waals surface area contributed by atoms with Gasteiger partial charge in [-0.05, 0) is 51.0 Å². The third-order valence-corrected chi connectivity index (χ3v) is 5.42. The van der Waals surface area contributed by atoms with Gasteiger partial charge in [-0.1, -0.05) is 26.2 Å². The molecule has 0 aliphatic heterocycles. The quantitative estimate of drug-likeness (QED) is 0.798. The zero-order chi connectivity index (χ0) is 13.5. The van der Waals surface area contributed by atoms with Crippen molar-refractivity contribution < 1.29 is 0 Å². The number of aryl methyl sites for hydroxylation is 1. The van der Waals surface area contributed by atoms with Gasteiger partial charge >= 0.3 is 0 Å². The largest absolute Gasteiger partial charge is 0.330 e. The Hall–Kier alpha value is -0.410. The van der Waals surface area contributed by atoms with E-state index in [1.807, 2.05) is 11.3 Å². The smallest absolute Gasteiger partial charge is 0.0959 e. The van der Waals surface area contributed by atoms with E-state index in [0.717, 1.165) is 31.2 Å². The molecule has 0 spiro atoms. The predicted octanol–water partition coefficient (Wildman–Crippen LogP) is 4.50. The standard InChI is InChI=1S/C16H28N2S/c1-2-3-5-13-7-9-14(10-8-13)16-18-15(12-19-16)6-4-11-17/h12-14H,2-11,17H2,1H3. The van der Waals surface area contributed by atoms with Gasteiger partial charge in [0, 0.05) is 11.3 Å². The average Bonchev–Trinajstić information content (AvgIpc) is 2.92. The first kappa shape index (κ1) is 15.0. The van der Waals surface area contributed by atoms with Gasteiger partial charge in [-0.25, -0.2) is 4.98 Å². The maximum absolute atomic E-state index is 5.56. The summed E-state index contributed by atoms with van der Waals surface area (Å²) in [7, 11) is 0. The lowest BCUT2D eigenvalue weighted by Crippen LogP contribution is -2.13. The van der Waals surface area contributed by atoms with E-state index in [1.165, 1.54) is 55.6 Å². The minimum Gasteiger partial charge on any atom is -0.330 e. The normalized spacial score (nSPS) is 23.7. The van der Waals surface area contributed by atoms with Gasteiger partial charge in [0.2, 0.25) is 0 Å². The molecule has 0 saturated heterocycles. The molecular weight excluding hydrogens is 252 g/mol. The van der Waals surface area contributed by atoms with Crippen LogP contribution in [0.3, 0.4) is 0 Å². The second-order valence-electron chi connectivity index (χ2n) is 5.93. The summed E-state index contributed by atoms with van der Waals surface area (Å²) in [4.78, 5) is 4.82. The number of hydrogen-bond acceptors (Lipinski definition) is 3. The SMILES string of the molecule is CCCCC1CCC(c2nc(CCCN)cs2)CC1. The zero-order valence-electron chi connectivity index (χ0n) is 12.2. The molecule has 0 aromatic carbocycles. The van der Waals surface area contributed by atoms with Crippen LogP contribution >= 0.6 is 11.3 Å². The summed E-state index contributed by atoms with van der Waals surface area (Å²) < 4.78 is 0. The molecule has 1 saturated carbocycles. The van der Waals surface area contributed by atoms with Crippen molar-refractivity contribution in [2.75, 3.05) is 6.54 Å². The molecule has 3 heteroatoms. The predicted molar refractivity (Wildman–Crippen MR) is 83.7 cm³/mol. The first-order valence-corrected chi connectivity index (χ1v) is 8.85. The van der Waals surface area contributed by atoms with Crippen LogP contribution in [0.25, 0.3) is 0 Å². The topological polar surface area (TPSA) is 38.9 Å². The Morgan fingerprint density at radius 2 is 2.05 bits per heavy atom. The lowest BCUT2D eigenvalue weighted by Gasteiger charge is -2.27. The fraction of sp³-hybridized carbons (Fsp3) is 0.812. The molecule has 108 valence electrons. The van der Waals surface area contributed by atoms with E-state index < -0.39 is 0 Å². The van der Waals surface area contributed by atoms with Gasteiger partial charge in [0.1, 0.15) is 0 Å². The average molecular weight is 280 g/mol. The Morgan fingerprint density at radius 3 is 2.74 bits per heavy atom. The van der Waals surface area contributed by atoms with Crippen LogP contribution in [0.15, 0.2) is 5.38 Å². The van der Waals surface area contributed by atoms with Crippen molar-refractivity contribution in [1.29, 1.82) is 0 Å². The summed E-state index contributed by atoms with van der Waals surface area (Å²) in [6, 6.07) is 0. The molecule has 19 heavy (non-hydrogen) atoms. The number of unbranched alkanes of at least 4 members (excludes halogenated alkanes) is 1. The van der Waals surface area contributed by atoms with Crippen molar-refractivity contribution in [3.63, 3.8) is 0 Å². The molecule has 1 aliphatic rings. The van der Waals surface area contributed by atoms with Gasteiger partial charge in [0.05, 0.1) is 10.7 Å². The highest BCUT2D eigenvalue weighted by molar-refractivity contribution is 7.09. The fourth-order valence-electron chi connectivity index (χ4n) is 3.10. The molecule has 0 unspecified atom stereocenters. The van der Waals surface area contributed by atoms with Crippen LogP contribution in [0.5, 0.6) is 0 Å². The third kappa shape index (κ3) is 4.57. The summed E-state index contributed by atoms with van der Waals surface area (Å²) >= 11 is 1.87. The van der Waals surface area contributed by atoms with Gasteiger partial charge in [-0.3, -0.25) is 0 Å². The van der Waals surface area contributed by atoms with Crippen LogP contribution in [0, 0.1) is 5.92 Å². The highest BCUT2D eigenvalue weighted by atomic mass is 32.1. The highest BCUT2D eigenvalue weighted by Gasteiger charge is 2.23. The van der Waals surface area contributed by atoms with Crippen molar-refractivity contribution in [3.8, 4) is 0 Å². The molecule has 1 heterocycles. The van der Waals surface area contributed by atoms with E-state index in [9.17, 15) is 0 Å². The molecule has 2 rings (SSSR count). The number of aromatic nitrogens is 1. The van der Waals surface area contributed by atoms with E-state index in [2.05, 4.69) is 12.3 Å². The van der Waals surface area contributed by atoms with Crippen LogP contribution in [0.4, 0.5) is 0 Å². The second-order valence-corrected chi connectivity index (χ2v) is 6.82. The zero-order valence-corrected chi connectivity index (χ0v) is 13.1. The van der Waals surface area contributed by atoms with E-state index in [-0.39, 0.29) is 0 Å². The Labute approximate surface area is 121 Å². The Kier molecular flexibility index (Phi) is 6.32. The highest BCUT2D eigenvalue weighted by Crippen LogP contribution is 2.38. The fourth-order valence-corrected chi connectivity index (χ4v) is 4.12. The number of nitrogens with zero attached hydrogens (tertiary/aromatic N) is 1. The van der Waals surface area contributed by atoms with Crippen LogP contribution in [0.1, 0.15) is 74.9 Å². The van der Waals surface area contributed by atoms with Crippen LogP contribution in [0.2, 0.25) is 0 Å². The number of rotatable bonds is 7. The first-order valence-electron chi connectivity index (χ1n) is 7.97. The lowest BCUT2D eigenvalue weighted by atomic mass is 9.80. The van der Waals surface area contributed by atoms with Crippen molar-refractivity contribution in [1.82, 2.24) is 4.98 Å². The maximum Gasteiger partial charge on any atom is 0.0959 e. The molecule has 1 aromatic rings. The molecule has 1 fully saturated rings. The van der Waals surface area contributed by atoms with Gasteiger partial charge < -0.3 is 5.73 Å². The van der Waals surface area contributed by atoms with Crippen molar-refractivity contribution in [3.05, 3.63) is 16.1 Å². The molecule has 2 nitrogen and oxygen atoms in total. The summed E-state index contributed by atoms with van der Waals surface area (Å²) in [5.74, 6) is 1.74. The van der Waals surface area contributed by atoms with E-state index >= 15 is 0 Å². The molecule has 1 aromatic heterocycles. The summed E-state index contributed by atoms with van der Waals surface area (Å²) in [6.45, 7) is 3.07. The van der Waals surface area contributed by atoms with Gasteiger partial charge in [-0.15, -0.1) is 11.3 Å². The monoisotopic (exact) mass is 280 g/mol. The molecule has 1 aliphatic carbocycles. The maximum atomic E-state index is 5.56. The minimum absolute atomic E-state index is 0.745. The first-order chi connectivity index (χ1) is 9.33. The van der Waals surface area contributed by atoms with Gasteiger partial charge in [0.15, 0.2) is 0 Å². The van der Waals surface area contributed by atoms with Crippen LogP contribution < -0.4 is 5.73 Å². The van der Waals surface area contributed by atoms with Crippen LogP contribution in [-0.4, -0.2) is 11.5 Å². The Bertz CT molecular complexity index is 353. The van der Waals surface area contributed by atoms with Crippen molar-refractivity contribution in [2.24, 2.45) is 11.7 Å². The van der Waals surface area contributed by atoms with Crippen LogP contribution in [-0.2, 0) is 6.42 Å². The Morgan fingerprint density at radius 1 is 1.26 bits per heavy atom. The summed E-state index contributed by atoms with van der Waals surface area (Å²) in [6.07, 6.45) is 11.9. The molecule has 0 bridgehead atoms. The summed E-state index contributed by atoms with van der Waals surface area (Å²) in [5.41, 5.74) is 6.82. The molecule has 2 N–H and O–H groups in total. The third-order valence-electron chi connectivity index (χ3n) is 4.37. The number of thiazole rings is 1. The molecular formula is C16H28N2S. The van der Waals surface area contributed by atoms with E-state index in [4.69, 9.17) is 10.7 Å². The molecule has 0 amide bonds. The van der Waals surface area contributed by atoms with Crippen molar-refractivity contribution >= 4 is 11.3 Å². The van der Waals surface area contributed by atoms with E-state index in [0.29, 0.717) is 0 Å². The van der Waals surface area contributed by atoms with Crippen molar-refractivity contribution in [2.45, 2.75) is 70.6 Å². The molecule has 0 radical (unpaired) electrons. The second kappa shape index (κ2) is 8.01. The molecule has 0 atom stereocenters. The summed E-state index contributed by atoms with van der Waals surface area (Å²) in [5, 5.41) is 3.63. The lowest BCUT2D eigenvalue weighted by molar-refractivity contribution is 0.304. The Balaban J connectivity index is 1.78. The minimum atomic E-state index is 0.745. The van der Waals surface area contributed by atoms with Gasteiger partial charge in [-0.2, -0.15) is 0 Å². The number of nitrogens with two attached hydrogens (primary N) is 1.